The second-order valence-electron chi connectivity index (χ2n) is 6.27. The Kier molecular flexibility index (Phi) is 12.5. The first kappa shape index (κ1) is 20.7. The molecular formula is C20H32O2. The van der Waals surface area contributed by atoms with Gasteiger partial charge in [-0.1, -0.05) is 45.1 Å². The minimum atomic E-state index is -0.290. The van der Waals surface area contributed by atoms with Crippen molar-refractivity contribution in [1.29, 1.82) is 0 Å². The van der Waals surface area contributed by atoms with Crippen molar-refractivity contribution in [2.45, 2.75) is 64.9 Å². The number of carbonyl (C=O) groups is 1. The van der Waals surface area contributed by atoms with Crippen LogP contribution in [0.2, 0.25) is 0 Å². The second kappa shape index (κ2) is 13.3. The van der Waals surface area contributed by atoms with Gasteiger partial charge < -0.3 is 9.90 Å². The Hall–Kier alpha value is -1.33. The van der Waals surface area contributed by atoms with E-state index < -0.39 is 0 Å². The van der Waals surface area contributed by atoms with Crippen LogP contribution in [0.5, 0.6) is 0 Å². The van der Waals surface area contributed by atoms with Crippen molar-refractivity contribution in [2.75, 3.05) is 0 Å². The summed E-state index contributed by atoms with van der Waals surface area (Å²) in [6, 6.07) is 0. The van der Waals surface area contributed by atoms with Gasteiger partial charge in [0.2, 0.25) is 0 Å². The molecule has 4 atom stereocenters. The average molecular weight is 304 g/mol. The van der Waals surface area contributed by atoms with E-state index in [4.69, 9.17) is 6.42 Å². The van der Waals surface area contributed by atoms with Crippen LogP contribution in [0, 0.1) is 30.1 Å². The van der Waals surface area contributed by atoms with Crippen LogP contribution in [-0.4, -0.2) is 17.5 Å². The maximum Gasteiger partial charge on any atom is 0.122 e. The largest absolute Gasteiger partial charge is 0.393 e. The lowest BCUT2D eigenvalue weighted by atomic mass is 9.89. The number of aliphatic hydroxyl groups is 1. The number of aldehydes is 1. The zero-order chi connectivity index (χ0) is 16.8. The lowest BCUT2D eigenvalue weighted by Gasteiger charge is -2.20. The number of hydrogen-bond acceptors (Lipinski definition) is 2. The minimum absolute atomic E-state index is 0.118. The molecule has 0 heterocycles. The van der Waals surface area contributed by atoms with E-state index in [1.165, 1.54) is 0 Å². The van der Waals surface area contributed by atoms with Crippen molar-refractivity contribution in [3.8, 4) is 12.3 Å². The molecule has 0 saturated heterocycles. The Morgan fingerprint density at radius 3 is 2.50 bits per heavy atom. The maximum absolute atomic E-state index is 10.6. The highest BCUT2D eigenvalue weighted by Gasteiger charge is 2.16. The highest BCUT2D eigenvalue weighted by molar-refractivity contribution is 5.52. The summed E-state index contributed by atoms with van der Waals surface area (Å²) in [4.78, 5) is 10.6. The number of hydrogen-bond donors (Lipinski definition) is 1. The molecule has 0 aromatic carbocycles. The van der Waals surface area contributed by atoms with Gasteiger partial charge in [-0.05, 0) is 44.4 Å². The number of rotatable bonds is 13. The van der Waals surface area contributed by atoms with Crippen molar-refractivity contribution < 1.29 is 9.90 Å². The molecule has 124 valence electrons. The predicted molar refractivity (Wildman–Crippen MR) is 94.4 cm³/mol. The highest BCUT2D eigenvalue weighted by Crippen LogP contribution is 2.21. The second-order valence-corrected chi connectivity index (χ2v) is 6.27. The first-order valence-corrected chi connectivity index (χ1v) is 8.42. The molecular weight excluding hydrogens is 272 g/mol. The van der Waals surface area contributed by atoms with Crippen LogP contribution in [0.4, 0.5) is 0 Å². The normalized spacial score (nSPS) is 16.6. The Morgan fingerprint density at radius 1 is 1.18 bits per heavy atom. The Balaban J connectivity index is 3.95. The van der Waals surface area contributed by atoms with Crippen molar-refractivity contribution >= 4 is 6.29 Å². The van der Waals surface area contributed by atoms with Crippen LogP contribution in [0.1, 0.15) is 58.8 Å². The lowest BCUT2D eigenvalue weighted by molar-refractivity contribution is -0.110. The summed E-state index contributed by atoms with van der Waals surface area (Å²) in [5, 5.41) is 10.2. The molecule has 0 spiro atoms. The lowest BCUT2D eigenvalue weighted by Crippen LogP contribution is -2.18. The van der Waals surface area contributed by atoms with Gasteiger partial charge in [-0.2, -0.15) is 0 Å². The van der Waals surface area contributed by atoms with Crippen LogP contribution >= 0.6 is 0 Å². The molecule has 0 bridgehead atoms. The number of allylic oxidation sites excluding steroid dienone is 3. The monoisotopic (exact) mass is 304 g/mol. The van der Waals surface area contributed by atoms with Gasteiger partial charge in [-0.3, -0.25) is 0 Å². The van der Waals surface area contributed by atoms with Gasteiger partial charge in [0.1, 0.15) is 6.29 Å². The summed E-state index contributed by atoms with van der Waals surface area (Å²) in [6.07, 6.45) is 18.4. The van der Waals surface area contributed by atoms with Gasteiger partial charge >= 0.3 is 0 Å². The summed E-state index contributed by atoms with van der Waals surface area (Å²) in [5.74, 6) is 3.43. The number of carbonyl (C=O) groups excluding carboxylic acids is 1. The van der Waals surface area contributed by atoms with Crippen molar-refractivity contribution in [2.24, 2.45) is 17.8 Å². The molecule has 0 saturated carbocycles. The molecule has 0 fully saturated rings. The maximum atomic E-state index is 10.6. The van der Waals surface area contributed by atoms with Crippen LogP contribution in [0.15, 0.2) is 24.8 Å². The molecule has 22 heavy (non-hydrogen) atoms. The quantitative estimate of drug-likeness (QED) is 0.308. The van der Waals surface area contributed by atoms with Crippen molar-refractivity contribution in [3.63, 3.8) is 0 Å². The van der Waals surface area contributed by atoms with E-state index in [0.29, 0.717) is 0 Å². The third-order valence-electron chi connectivity index (χ3n) is 4.21. The first-order valence-electron chi connectivity index (χ1n) is 8.42. The molecule has 0 rings (SSSR count). The molecule has 2 nitrogen and oxygen atoms in total. The Bertz CT molecular complexity index is 364. The fourth-order valence-corrected chi connectivity index (χ4v) is 2.47. The smallest absolute Gasteiger partial charge is 0.122 e. The van der Waals surface area contributed by atoms with E-state index in [0.717, 1.165) is 51.2 Å². The summed E-state index contributed by atoms with van der Waals surface area (Å²) in [6.45, 7) is 7.66. The molecule has 0 aliphatic carbocycles. The molecule has 0 aromatic heterocycles. The van der Waals surface area contributed by atoms with E-state index in [9.17, 15) is 9.90 Å². The molecule has 0 aliphatic rings. The summed E-state index contributed by atoms with van der Waals surface area (Å²) >= 11 is 0. The van der Waals surface area contributed by atoms with Crippen molar-refractivity contribution in [1.82, 2.24) is 0 Å². The Labute approximate surface area is 136 Å². The summed E-state index contributed by atoms with van der Waals surface area (Å²) in [5.41, 5.74) is 0. The molecule has 1 N–H and O–H groups in total. The fourth-order valence-electron chi connectivity index (χ4n) is 2.47. The molecule has 0 radical (unpaired) electrons. The highest BCUT2D eigenvalue weighted by atomic mass is 16.3. The molecule has 0 aliphatic heterocycles. The number of aliphatic hydroxyl groups excluding tert-OH is 1. The fraction of sp³-hybridized carbons (Fsp3) is 0.650. The predicted octanol–water partition coefficient (Wildman–Crippen LogP) is 4.54. The van der Waals surface area contributed by atoms with Crippen LogP contribution < -0.4 is 0 Å². The third kappa shape index (κ3) is 10.4. The van der Waals surface area contributed by atoms with Gasteiger partial charge in [0.05, 0.1) is 6.10 Å². The zero-order valence-electron chi connectivity index (χ0n) is 14.2. The SMILES string of the molecule is C#CC(CCCC(C)C=O)CCC(O)C(C)CC/C=C\C=C. The van der Waals surface area contributed by atoms with E-state index in [1.807, 2.05) is 13.0 Å². The molecule has 2 heteroatoms. The van der Waals surface area contributed by atoms with Gasteiger partial charge in [-0.25, -0.2) is 0 Å². The van der Waals surface area contributed by atoms with Crippen LogP contribution in [-0.2, 0) is 4.79 Å². The van der Waals surface area contributed by atoms with E-state index >= 15 is 0 Å². The molecule has 0 aromatic rings. The topological polar surface area (TPSA) is 37.3 Å². The van der Waals surface area contributed by atoms with Crippen LogP contribution in [0.25, 0.3) is 0 Å². The van der Waals surface area contributed by atoms with E-state index in [1.54, 1.807) is 6.08 Å². The average Bonchev–Trinajstić information content (AvgIpc) is 2.53. The van der Waals surface area contributed by atoms with Crippen LogP contribution in [0.3, 0.4) is 0 Å². The summed E-state index contributed by atoms with van der Waals surface area (Å²) in [7, 11) is 0. The van der Waals surface area contributed by atoms with E-state index in [-0.39, 0.29) is 23.9 Å². The summed E-state index contributed by atoms with van der Waals surface area (Å²) < 4.78 is 0. The van der Waals surface area contributed by atoms with Gasteiger partial charge in [-0.15, -0.1) is 12.3 Å². The first-order chi connectivity index (χ1) is 10.5. The number of terminal acetylenes is 1. The van der Waals surface area contributed by atoms with Gasteiger partial charge in [0.15, 0.2) is 0 Å². The van der Waals surface area contributed by atoms with Gasteiger partial charge in [0, 0.05) is 11.8 Å². The molecule has 4 unspecified atom stereocenters. The minimum Gasteiger partial charge on any atom is -0.393 e. The molecule has 0 amide bonds. The van der Waals surface area contributed by atoms with E-state index in [2.05, 4.69) is 25.5 Å². The van der Waals surface area contributed by atoms with Crippen molar-refractivity contribution in [3.05, 3.63) is 24.8 Å². The Morgan fingerprint density at radius 2 is 1.91 bits per heavy atom. The standard InChI is InChI=1S/C20H32O2/c1-5-7-8-9-12-18(4)20(22)15-14-19(6-2)13-10-11-17(3)16-21/h2,5,7-8,16-20,22H,1,9-15H2,3-4H3/b8-7-. The third-order valence-corrected chi connectivity index (χ3v) is 4.21. The zero-order valence-corrected chi connectivity index (χ0v) is 14.2. The van der Waals surface area contributed by atoms with Gasteiger partial charge in [0.25, 0.3) is 0 Å².